The molecule has 114 valence electrons. The Hall–Kier alpha value is -1.00. The van der Waals surface area contributed by atoms with Crippen molar-refractivity contribution in [2.45, 2.75) is 20.0 Å². The van der Waals surface area contributed by atoms with Gasteiger partial charge in [0.25, 0.3) is 0 Å². The molecule has 0 unspecified atom stereocenters. The Balaban J connectivity index is 0.00000220. The van der Waals surface area contributed by atoms with Crippen LogP contribution in [-0.4, -0.2) is 11.6 Å². The molecular weight excluding hydrogens is 331 g/mol. The van der Waals surface area contributed by atoms with E-state index in [-0.39, 0.29) is 12.4 Å². The molecule has 0 spiro atoms. The van der Waals surface area contributed by atoms with Crippen LogP contribution in [0.2, 0.25) is 10.0 Å². The Morgan fingerprint density at radius 3 is 2.38 bits per heavy atom. The van der Waals surface area contributed by atoms with Crippen molar-refractivity contribution in [3.05, 3.63) is 57.8 Å². The SMILES string of the molecule is CCOc1c(Cl)cc(CNCc2cccnc2)cc1Cl.Cl. The zero-order valence-corrected chi connectivity index (χ0v) is 13.9. The first-order valence-corrected chi connectivity index (χ1v) is 7.16. The fourth-order valence-electron chi connectivity index (χ4n) is 1.85. The number of hydrogen-bond donors (Lipinski definition) is 1. The van der Waals surface area contributed by atoms with E-state index in [4.69, 9.17) is 27.9 Å². The van der Waals surface area contributed by atoms with Gasteiger partial charge in [-0.2, -0.15) is 0 Å². The number of nitrogens with zero attached hydrogens (tertiary/aromatic N) is 1. The topological polar surface area (TPSA) is 34.1 Å². The quantitative estimate of drug-likeness (QED) is 0.835. The van der Waals surface area contributed by atoms with Gasteiger partial charge in [-0.25, -0.2) is 0 Å². The van der Waals surface area contributed by atoms with Crippen LogP contribution in [0.25, 0.3) is 0 Å². The zero-order chi connectivity index (χ0) is 14.4. The van der Waals surface area contributed by atoms with E-state index in [1.165, 1.54) is 0 Å². The predicted octanol–water partition coefficient (Wildman–Crippen LogP) is 4.50. The molecule has 0 aliphatic rings. The summed E-state index contributed by atoms with van der Waals surface area (Å²) in [4.78, 5) is 4.07. The third kappa shape index (κ3) is 5.36. The Labute approximate surface area is 141 Å². The van der Waals surface area contributed by atoms with Crippen molar-refractivity contribution in [2.24, 2.45) is 0 Å². The lowest BCUT2D eigenvalue weighted by Gasteiger charge is -2.11. The molecule has 1 heterocycles. The van der Waals surface area contributed by atoms with E-state index in [2.05, 4.69) is 10.3 Å². The molecule has 0 bridgehead atoms. The Morgan fingerprint density at radius 2 is 1.81 bits per heavy atom. The van der Waals surface area contributed by atoms with Crippen LogP contribution in [0.15, 0.2) is 36.7 Å². The average Bonchev–Trinajstić information content (AvgIpc) is 2.44. The van der Waals surface area contributed by atoms with Crippen molar-refractivity contribution in [3.8, 4) is 5.75 Å². The normalized spacial score (nSPS) is 10.0. The lowest BCUT2D eigenvalue weighted by atomic mass is 10.2. The molecule has 0 aliphatic heterocycles. The summed E-state index contributed by atoms with van der Waals surface area (Å²) in [5, 5.41) is 4.40. The fourth-order valence-corrected chi connectivity index (χ4v) is 2.49. The number of halogens is 3. The van der Waals surface area contributed by atoms with Gasteiger partial charge in [-0.15, -0.1) is 12.4 Å². The first-order chi connectivity index (χ1) is 9.70. The highest BCUT2D eigenvalue weighted by Crippen LogP contribution is 2.34. The highest BCUT2D eigenvalue weighted by Gasteiger charge is 2.09. The smallest absolute Gasteiger partial charge is 0.156 e. The van der Waals surface area contributed by atoms with Gasteiger partial charge in [0.15, 0.2) is 5.75 Å². The van der Waals surface area contributed by atoms with Gasteiger partial charge in [0.1, 0.15) is 0 Å². The Kier molecular flexibility index (Phi) is 7.83. The molecule has 2 aromatic rings. The predicted molar refractivity (Wildman–Crippen MR) is 89.7 cm³/mol. The van der Waals surface area contributed by atoms with Crippen molar-refractivity contribution in [3.63, 3.8) is 0 Å². The van der Waals surface area contributed by atoms with Crippen molar-refractivity contribution in [1.29, 1.82) is 0 Å². The van der Waals surface area contributed by atoms with E-state index < -0.39 is 0 Å². The van der Waals surface area contributed by atoms with Crippen molar-refractivity contribution >= 4 is 35.6 Å². The summed E-state index contributed by atoms with van der Waals surface area (Å²) < 4.78 is 5.40. The number of rotatable bonds is 6. The molecule has 21 heavy (non-hydrogen) atoms. The van der Waals surface area contributed by atoms with Gasteiger partial charge in [-0.05, 0) is 36.2 Å². The molecule has 0 fully saturated rings. The highest BCUT2D eigenvalue weighted by molar-refractivity contribution is 6.37. The molecule has 1 aromatic heterocycles. The number of aromatic nitrogens is 1. The van der Waals surface area contributed by atoms with Crippen molar-refractivity contribution in [1.82, 2.24) is 10.3 Å². The maximum atomic E-state index is 6.16. The third-order valence-corrected chi connectivity index (χ3v) is 3.29. The van der Waals surface area contributed by atoms with Gasteiger partial charge in [0.2, 0.25) is 0 Å². The molecule has 0 saturated heterocycles. The highest BCUT2D eigenvalue weighted by atomic mass is 35.5. The zero-order valence-electron chi connectivity index (χ0n) is 11.6. The maximum absolute atomic E-state index is 6.16. The van der Waals surface area contributed by atoms with Crippen LogP contribution in [0, 0.1) is 0 Å². The molecule has 2 rings (SSSR count). The average molecular weight is 348 g/mol. The minimum Gasteiger partial charge on any atom is -0.491 e. The summed E-state index contributed by atoms with van der Waals surface area (Å²) in [6.07, 6.45) is 3.60. The second-order valence-corrected chi connectivity index (χ2v) is 5.10. The largest absolute Gasteiger partial charge is 0.491 e. The summed E-state index contributed by atoms with van der Waals surface area (Å²) in [5.74, 6) is 0.548. The molecule has 0 atom stereocenters. The first kappa shape index (κ1) is 18.1. The molecule has 0 aliphatic carbocycles. The minimum absolute atomic E-state index is 0. The number of nitrogens with one attached hydrogen (secondary N) is 1. The van der Waals surface area contributed by atoms with Gasteiger partial charge in [-0.1, -0.05) is 29.3 Å². The van der Waals surface area contributed by atoms with Gasteiger partial charge in [0.05, 0.1) is 16.7 Å². The molecule has 6 heteroatoms. The molecule has 0 radical (unpaired) electrons. The van der Waals surface area contributed by atoms with Crippen LogP contribution in [0.3, 0.4) is 0 Å². The molecule has 1 aromatic carbocycles. The van der Waals surface area contributed by atoms with Crippen LogP contribution in [0.4, 0.5) is 0 Å². The molecule has 3 nitrogen and oxygen atoms in total. The number of benzene rings is 1. The summed E-state index contributed by atoms with van der Waals surface area (Å²) in [5.41, 5.74) is 2.16. The van der Waals surface area contributed by atoms with Gasteiger partial charge in [0, 0.05) is 25.5 Å². The lowest BCUT2D eigenvalue weighted by molar-refractivity contribution is 0.340. The van der Waals surface area contributed by atoms with Crippen LogP contribution in [-0.2, 0) is 13.1 Å². The van der Waals surface area contributed by atoms with E-state index in [0.717, 1.165) is 17.7 Å². The van der Waals surface area contributed by atoms with Gasteiger partial charge >= 0.3 is 0 Å². The summed E-state index contributed by atoms with van der Waals surface area (Å²) in [7, 11) is 0. The molecular formula is C15H17Cl3N2O. The Morgan fingerprint density at radius 1 is 1.14 bits per heavy atom. The van der Waals surface area contributed by atoms with Crippen LogP contribution in [0.5, 0.6) is 5.75 Å². The summed E-state index contributed by atoms with van der Waals surface area (Å²) in [6, 6.07) is 7.68. The lowest BCUT2D eigenvalue weighted by Crippen LogP contribution is -2.12. The molecule has 0 amide bonds. The summed E-state index contributed by atoms with van der Waals surface area (Å²) >= 11 is 12.3. The fraction of sp³-hybridized carbons (Fsp3) is 0.267. The van der Waals surface area contributed by atoms with E-state index in [1.54, 1.807) is 6.20 Å². The maximum Gasteiger partial charge on any atom is 0.156 e. The van der Waals surface area contributed by atoms with Crippen LogP contribution in [0.1, 0.15) is 18.1 Å². The van der Waals surface area contributed by atoms with E-state index >= 15 is 0 Å². The number of ether oxygens (including phenoxy) is 1. The van der Waals surface area contributed by atoms with Crippen LogP contribution < -0.4 is 10.1 Å². The monoisotopic (exact) mass is 346 g/mol. The van der Waals surface area contributed by atoms with Crippen LogP contribution >= 0.6 is 35.6 Å². The third-order valence-electron chi connectivity index (χ3n) is 2.73. The number of hydrogen-bond acceptors (Lipinski definition) is 3. The van der Waals surface area contributed by atoms with E-state index in [1.807, 2.05) is 37.4 Å². The van der Waals surface area contributed by atoms with Gasteiger partial charge < -0.3 is 10.1 Å². The van der Waals surface area contributed by atoms with Gasteiger partial charge in [-0.3, -0.25) is 4.98 Å². The Bertz CT molecular complexity index is 541. The van der Waals surface area contributed by atoms with Crippen molar-refractivity contribution in [2.75, 3.05) is 6.61 Å². The first-order valence-electron chi connectivity index (χ1n) is 6.41. The minimum atomic E-state index is 0. The van der Waals surface area contributed by atoms with E-state index in [0.29, 0.717) is 28.9 Å². The number of pyridine rings is 1. The van der Waals surface area contributed by atoms with E-state index in [9.17, 15) is 0 Å². The second-order valence-electron chi connectivity index (χ2n) is 4.29. The molecule has 0 saturated carbocycles. The molecule has 1 N–H and O–H groups in total. The summed E-state index contributed by atoms with van der Waals surface area (Å²) in [6.45, 7) is 3.87. The standard InChI is InChI=1S/C15H16Cl2N2O.ClH/c1-2-20-15-13(16)6-12(7-14(15)17)10-19-9-11-4-3-5-18-8-11;/h3-8,19H,2,9-10H2,1H3;1H. The van der Waals surface area contributed by atoms with Crippen molar-refractivity contribution < 1.29 is 4.74 Å². The second kappa shape index (κ2) is 9.11.